The van der Waals surface area contributed by atoms with Crippen LogP contribution in [0.2, 0.25) is 0 Å². The van der Waals surface area contributed by atoms with Gasteiger partial charge in [0.15, 0.2) is 5.82 Å². The van der Waals surface area contributed by atoms with E-state index < -0.39 is 0 Å². The molecular weight excluding hydrogens is 270 g/mol. The number of anilines is 1. The third-order valence-electron chi connectivity index (χ3n) is 3.50. The molecule has 0 amide bonds. The number of hydrogen-bond acceptors (Lipinski definition) is 6. The highest BCUT2D eigenvalue weighted by molar-refractivity contribution is 5.66. The minimum absolute atomic E-state index is 0.187. The highest BCUT2D eigenvalue weighted by Crippen LogP contribution is 2.27. The normalized spacial score (nSPS) is 18.0. The quantitative estimate of drug-likeness (QED) is 0.839. The van der Waals surface area contributed by atoms with E-state index in [0.717, 1.165) is 25.0 Å². The van der Waals surface area contributed by atoms with E-state index in [-0.39, 0.29) is 6.10 Å². The zero-order valence-electron chi connectivity index (χ0n) is 12.0. The van der Waals surface area contributed by atoms with Gasteiger partial charge in [-0.3, -0.25) is 0 Å². The summed E-state index contributed by atoms with van der Waals surface area (Å²) in [6.45, 7) is 3.99. The summed E-state index contributed by atoms with van der Waals surface area (Å²) >= 11 is 0. The lowest BCUT2D eigenvalue weighted by atomic mass is 10.1. The van der Waals surface area contributed by atoms with E-state index in [1.165, 1.54) is 0 Å². The molecule has 3 rings (SSSR count). The maximum atomic E-state index is 6.00. The first-order valence-corrected chi connectivity index (χ1v) is 7.18. The topological polar surface area (TPSA) is 88.1 Å². The second kappa shape index (κ2) is 6.09. The van der Waals surface area contributed by atoms with Gasteiger partial charge >= 0.3 is 0 Å². The van der Waals surface area contributed by atoms with Crippen LogP contribution in [0.25, 0.3) is 11.4 Å². The minimum Gasteiger partial charge on any atom is -0.492 e. The van der Waals surface area contributed by atoms with Crippen LogP contribution in [-0.4, -0.2) is 39.5 Å². The summed E-state index contributed by atoms with van der Waals surface area (Å²) in [5, 5.41) is 11.9. The molecule has 0 saturated carbocycles. The molecule has 2 N–H and O–H groups in total. The molecule has 0 radical (unpaired) electrons. The number of aromatic nitrogens is 4. The lowest BCUT2D eigenvalue weighted by Gasteiger charge is -2.11. The maximum Gasteiger partial charge on any atom is 0.182 e. The van der Waals surface area contributed by atoms with Crippen molar-refractivity contribution in [3.05, 3.63) is 18.2 Å². The molecule has 0 spiro atoms. The fourth-order valence-corrected chi connectivity index (χ4v) is 2.49. The van der Waals surface area contributed by atoms with Gasteiger partial charge in [-0.25, -0.2) is 4.68 Å². The molecule has 21 heavy (non-hydrogen) atoms. The molecule has 1 aliphatic heterocycles. The summed E-state index contributed by atoms with van der Waals surface area (Å²) in [5.41, 5.74) is 7.46. The fraction of sp³-hybridized carbons (Fsp3) is 0.500. The van der Waals surface area contributed by atoms with Gasteiger partial charge in [0.05, 0.1) is 24.9 Å². The smallest absolute Gasteiger partial charge is 0.182 e. The predicted molar refractivity (Wildman–Crippen MR) is 77.8 cm³/mol. The Balaban J connectivity index is 1.83. The summed E-state index contributed by atoms with van der Waals surface area (Å²) < 4.78 is 12.8. The molecule has 7 nitrogen and oxygen atoms in total. The van der Waals surface area contributed by atoms with E-state index >= 15 is 0 Å². The monoisotopic (exact) mass is 289 g/mol. The van der Waals surface area contributed by atoms with Crippen LogP contribution in [0.15, 0.2) is 18.2 Å². The summed E-state index contributed by atoms with van der Waals surface area (Å²) in [7, 11) is 0. The van der Waals surface area contributed by atoms with Gasteiger partial charge in [0.2, 0.25) is 0 Å². The van der Waals surface area contributed by atoms with Gasteiger partial charge in [0, 0.05) is 12.2 Å². The molecule has 1 aromatic carbocycles. The third kappa shape index (κ3) is 2.97. The number of nitrogens with two attached hydrogens (primary N) is 1. The molecule has 0 bridgehead atoms. The van der Waals surface area contributed by atoms with E-state index in [1.807, 2.05) is 25.1 Å². The molecule has 1 unspecified atom stereocenters. The Morgan fingerprint density at radius 1 is 1.48 bits per heavy atom. The van der Waals surface area contributed by atoms with Crippen molar-refractivity contribution in [2.24, 2.45) is 0 Å². The minimum atomic E-state index is 0.187. The molecule has 112 valence electrons. The Morgan fingerprint density at radius 3 is 3.10 bits per heavy atom. The van der Waals surface area contributed by atoms with E-state index in [1.54, 1.807) is 4.68 Å². The molecule has 7 heteroatoms. The second-order valence-electron chi connectivity index (χ2n) is 5.01. The van der Waals surface area contributed by atoms with Gasteiger partial charge in [0.1, 0.15) is 5.75 Å². The van der Waals surface area contributed by atoms with Gasteiger partial charge in [-0.2, -0.15) is 0 Å². The number of nitrogens with zero attached hydrogens (tertiary/aromatic N) is 4. The highest BCUT2D eigenvalue weighted by Gasteiger charge is 2.19. The van der Waals surface area contributed by atoms with Crippen molar-refractivity contribution < 1.29 is 9.47 Å². The molecule has 1 aliphatic rings. The predicted octanol–water partition coefficient (Wildman–Crippen LogP) is 1.50. The van der Waals surface area contributed by atoms with Crippen molar-refractivity contribution in [1.29, 1.82) is 0 Å². The van der Waals surface area contributed by atoms with E-state index in [4.69, 9.17) is 15.2 Å². The van der Waals surface area contributed by atoms with Gasteiger partial charge in [-0.05, 0) is 48.4 Å². The van der Waals surface area contributed by atoms with Gasteiger partial charge in [-0.1, -0.05) is 0 Å². The third-order valence-corrected chi connectivity index (χ3v) is 3.50. The Hall–Kier alpha value is -2.15. The van der Waals surface area contributed by atoms with Crippen molar-refractivity contribution in [2.75, 3.05) is 18.9 Å². The Bertz CT molecular complexity index is 607. The van der Waals surface area contributed by atoms with Crippen molar-refractivity contribution in [3.8, 4) is 17.1 Å². The van der Waals surface area contributed by atoms with Crippen LogP contribution in [0.1, 0.15) is 19.8 Å². The molecule has 1 saturated heterocycles. The summed E-state index contributed by atoms with van der Waals surface area (Å²) in [6.07, 6.45) is 2.33. The number of benzene rings is 1. The number of rotatable bonds is 5. The van der Waals surface area contributed by atoms with Crippen LogP contribution in [0.3, 0.4) is 0 Å². The van der Waals surface area contributed by atoms with Crippen LogP contribution < -0.4 is 10.5 Å². The Kier molecular flexibility index (Phi) is 4.01. The van der Waals surface area contributed by atoms with Crippen molar-refractivity contribution >= 4 is 5.69 Å². The lowest BCUT2D eigenvalue weighted by molar-refractivity contribution is 0.0939. The van der Waals surface area contributed by atoms with Crippen molar-refractivity contribution in [3.63, 3.8) is 0 Å². The molecule has 1 fully saturated rings. The average Bonchev–Trinajstić information content (AvgIpc) is 3.13. The molecular formula is C14H19N5O2. The van der Waals surface area contributed by atoms with E-state index in [0.29, 0.717) is 30.4 Å². The molecule has 0 aliphatic carbocycles. The average molecular weight is 289 g/mol. The Labute approximate surface area is 123 Å². The highest BCUT2D eigenvalue weighted by atomic mass is 16.5. The zero-order chi connectivity index (χ0) is 14.7. The van der Waals surface area contributed by atoms with Crippen LogP contribution >= 0.6 is 0 Å². The SMILES string of the molecule is CCOc1ccc(-c2nnnn2CC2CCCO2)cc1N. The summed E-state index contributed by atoms with van der Waals surface area (Å²) in [4.78, 5) is 0. The number of nitrogen functional groups attached to an aromatic ring is 1. The summed E-state index contributed by atoms with van der Waals surface area (Å²) in [6, 6.07) is 5.60. The van der Waals surface area contributed by atoms with Crippen LogP contribution in [0.4, 0.5) is 5.69 Å². The zero-order valence-corrected chi connectivity index (χ0v) is 12.0. The standard InChI is InChI=1S/C14H19N5O2/c1-2-20-13-6-5-10(8-12(13)15)14-16-17-18-19(14)9-11-4-3-7-21-11/h5-6,8,11H,2-4,7,9,15H2,1H3. The van der Waals surface area contributed by atoms with Gasteiger partial charge < -0.3 is 15.2 Å². The van der Waals surface area contributed by atoms with Crippen molar-refractivity contribution in [2.45, 2.75) is 32.4 Å². The largest absolute Gasteiger partial charge is 0.492 e. The van der Waals surface area contributed by atoms with Crippen LogP contribution in [0.5, 0.6) is 5.75 Å². The Morgan fingerprint density at radius 2 is 2.38 bits per heavy atom. The van der Waals surface area contributed by atoms with Crippen molar-refractivity contribution in [1.82, 2.24) is 20.2 Å². The molecule has 2 heterocycles. The van der Waals surface area contributed by atoms with Gasteiger partial charge in [-0.15, -0.1) is 5.10 Å². The lowest BCUT2D eigenvalue weighted by Crippen LogP contribution is -2.17. The maximum absolute atomic E-state index is 6.00. The molecule has 1 aromatic heterocycles. The number of hydrogen-bond donors (Lipinski definition) is 1. The first kappa shape index (κ1) is 13.8. The molecule has 2 aromatic rings. The van der Waals surface area contributed by atoms with Crippen LogP contribution in [-0.2, 0) is 11.3 Å². The second-order valence-corrected chi connectivity index (χ2v) is 5.01. The van der Waals surface area contributed by atoms with Gasteiger partial charge in [0.25, 0.3) is 0 Å². The molecule has 1 atom stereocenters. The number of ether oxygens (including phenoxy) is 2. The number of tetrazole rings is 1. The first-order chi connectivity index (χ1) is 10.3. The summed E-state index contributed by atoms with van der Waals surface area (Å²) in [5.74, 6) is 1.37. The first-order valence-electron chi connectivity index (χ1n) is 7.18. The van der Waals surface area contributed by atoms with Crippen LogP contribution in [0, 0.1) is 0 Å². The van der Waals surface area contributed by atoms with E-state index in [2.05, 4.69) is 15.5 Å². The fourth-order valence-electron chi connectivity index (χ4n) is 2.49. The van der Waals surface area contributed by atoms with E-state index in [9.17, 15) is 0 Å².